The van der Waals surface area contributed by atoms with E-state index in [0.29, 0.717) is 0 Å². The van der Waals surface area contributed by atoms with Gasteiger partial charge in [-0.3, -0.25) is 18.9 Å². The maximum Gasteiger partial charge on any atom is 0.490 e. The fraction of sp³-hybridized carbons (Fsp3) is 0.571. The molecular weight excluding hydrogens is 529 g/mol. The van der Waals surface area contributed by atoms with E-state index in [0.717, 1.165) is 4.57 Å². The summed E-state index contributed by atoms with van der Waals surface area (Å²) in [5.74, 6) is 0. The monoisotopic (exact) mass is 552 g/mol. The number of phosphoric acid groups is 3. The van der Waals surface area contributed by atoms with Gasteiger partial charge in [0.05, 0.1) is 19.3 Å². The van der Waals surface area contributed by atoms with Crippen molar-refractivity contribution < 1.29 is 60.6 Å². The number of aryl methyl sites for hydroxylation is 1. The van der Waals surface area contributed by atoms with E-state index in [2.05, 4.69) is 24.7 Å². The summed E-state index contributed by atoms with van der Waals surface area (Å²) in [6.45, 7) is 3.99. The molecule has 194 valence electrons. The van der Waals surface area contributed by atoms with Crippen LogP contribution in [-0.2, 0) is 41.1 Å². The molecule has 0 spiro atoms. The second-order valence-electron chi connectivity index (χ2n) is 6.71. The predicted molar refractivity (Wildman–Crippen MR) is 110 cm³/mol. The molecule has 3 unspecified atom stereocenters. The van der Waals surface area contributed by atoms with Crippen LogP contribution in [0.1, 0.15) is 18.2 Å². The van der Waals surface area contributed by atoms with Gasteiger partial charge in [0.15, 0.2) is 0 Å². The van der Waals surface area contributed by atoms with Crippen molar-refractivity contribution in [1.82, 2.24) is 9.55 Å². The highest BCUT2D eigenvalue weighted by Gasteiger charge is 2.43. The van der Waals surface area contributed by atoms with Crippen LogP contribution >= 0.6 is 23.5 Å². The van der Waals surface area contributed by atoms with Crippen molar-refractivity contribution in [1.29, 1.82) is 0 Å². The standard InChI is InChI=1S/C14H23N2O15P3/c1-3-4-26-8-27-10-5-12(16-6-9(2)13(17)15-14(16)18)29-11(10)7-28-33(22,23)31-34(24,25)30-32(19,20)21/h3,6,10-12H,1,4-5,7-8H2,2H3,(H,22,23)(H,24,25)(H,15,17,18)(H2,19,20,21)/t10?,11-,12-/m1/s1. The quantitative estimate of drug-likeness (QED) is 0.0937. The van der Waals surface area contributed by atoms with E-state index in [1.54, 1.807) is 0 Å². The van der Waals surface area contributed by atoms with Crippen LogP contribution in [0.25, 0.3) is 0 Å². The lowest BCUT2D eigenvalue weighted by Crippen LogP contribution is -2.33. The second kappa shape index (κ2) is 11.6. The molecule has 0 bridgehead atoms. The zero-order valence-corrected chi connectivity index (χ0v) is 20.2. The van der Waals surface area contributed by atoms with Gasteiger partial charge in [-0.2, -0.15) is 8.62 Å². The van der Waals surface area contributed by atoms with E-state index in [4.69, 9.17) is 24.0 Å². The van der Waals surface area contributed by atoms with E-state index in [1.807, 2.05) is 0 Å². The molecule has 0 aliphatic carbocycles. The molecule has 0 aromatic carbocycles. The third-order valence-electron chi connectivity index (χ3n) is 4.06. The molecular formula is C14H23N2O15P3. The summed E-state index contributed by atoms with van der Waals surface area (Å²) < 4.78 is 63.3. The Balaban J connectivity index is 2.13. The maximum atomic E-state index is 12.2. The van der Waals surface area contributed by atoms with Gasteiger partial charge in [-0.05, 0) is 6.92 Å². The molecule has 34 heavy (non-hydrogen) atoms. The van der Waals surface area contributed by atoms with Gasteiger partial charge in [-0.15, -0.1) is 6.58 Å². The van der Waals surface area contributed by atoms with Gasteiger partial charge >= 0.3 is 29.2 Å². The summed E-state index contributed by atoms with van der Waals surface area (Å²) >= 11 is 0. The van der Waals surface area contributed by atoms with E-state index in [9.17, 15) is 33.1 Å². The molecule has 20 heteroatoms. The van der Waals surface area contributed by atoms with Crippen molar-refractivity contribution in [2.75, 3.05) is 20.0 Å². The number of rotatable bonds is 13. The number of ether oxygens (including phenoxy) is 3. The van der Waals surface area contributed by atoms with Crippen LogP contribution in [0.5, 0.6) is 0 Å². The van der Waals surface area contributed by atoms with E-state index < -0.39 is 59.8 Å². The zero-order chi connectivity index (χ0) is 25.7. The molecule has 1 aliphatic heterocycles. The third kappa shape index (κ3) is 9.06. The molecule has 17 nitrogen and oxygen atoms in total. The second-order valence-corrected chi connectivity index (χ2v) is 11.1. The van der Waals surface area contributed by atoms with E-state index in [-0.39, 0.29) is 25.4 Å². The molecule has 1 aromatic rings. The number of phosphoric ester groups is 1. The Morgan fingerprint density at radius 1 is 1.21 bits per heavy atom. The Morgan fingerprint density at radius 2 is 1.88 bits per heavy atom. The van der Waals surface area contributed by atoms with Gasteiger partial charge in [-0.25, -0.2) is 18.5 Å². The van der Waals surface area contributed by atoms with Crippen LogP contribution in [0.15, 0.2) is 28.4 Å². The summed E-state index contributed by atoms with van der Waals surface area (Å²) in [5, 5.41) is 0. The van der Waals surface area contributed by atoms with E-state index in [1.165, 1.54) is 19.2 Å². The minimum atomic E-state index is -5.70. The molecule has 2 rings (SSSR count). The lowest BCUT2D eigenvalue weighted by molar-refractivity contribution is -0.113. The first-order valence-corrected chi connectivity index (χ1v) is 13.7. The fourth-order valence-electron chi connectivity index (χ4n) is 2.73. The predicted octanol–water partition coefficient (Wildman–Crippen LogP) is 0.0211. The topological polar surface area (TPSA) is 242 Å². The molecule has 5 N–H and O–H groups in total. The minimum Gasteiger partial charge on any atom is -0.351 e. The van der Waals surface area contributed by atoms with Crippen molar-refractivity contribution in [3.05, 3.63) is 45.3 Å². The summed E-state index contributed by atoms with van der Waals surface area (Å²) in [6, 6.07) is 0. The van der Waals surface area contributed by atoms with Crippen LogP contribution in [0.4, 0.5) is 0 Å². The van der Waals surface area contributed by atoms with E-state index >= 15 is 0 Å². The number of hydrogen-bond acceptors (Lipinski definition) is 11. The third-order valence-corrected chi connectivity index (χ3v) is 7.86. The molecule has 0 amide bonds. The maximum absolute atomic E-state index is 12.2. The number of nitrogens with one attached hydrogen (secondary N) is 1. The summed E-state index contributed by atoms with van der Waals surface area (Å²) in [5.41, 5.74) is -1.20. The van der Waals surface area contributed by atoms with Crippen LogP contribution in [0.3, 0.4) is 0 Å². The Bertz CT molecular complexity index is 1130. The van der Waals surface area contributed by atoms with Gasteiger partial charge in [-0.1, -0.05) is 6.08 Å². The molecule has 1 saturated heterocycles. The molecule has 0 saturated carbocycles. The molecule has 1 aliphatic rings. The average molecular weight is 552 g/mol. The van der Waals surface area contributed by atoms with Gasteiger partial charge in [0.1, 0.15) is 19.1 Å². The Hall–Kier alpha value is -1.29. The molecule has 5 atom stereocenters. The average Bonchev–Trinajstić information content (AvgIpc) is 3.06. The molecule has 0 radical (unpaired) electrons. The fourth-order valence-corrected chi connectivity index (χ4v) is 5.76. The van der Waals surface area contributed by atoms with Crippen LogP contribution in [-0.4, -0.2) is 61.3 Å². The highest BCUT2D eigenvalue weighted by molar-refractivity contribution is 7.66. The van der Waals surface area contributed by atoms with Crippen LogP contribution in [0.2, 0.25) is 0 Å². The number of aromatic nitrogens is 2. The lowest BCUT2D eigenvalue weighted by atomic mass is 10.2. The number of nitrogens with zero attached hydrogens (tertiary/aromatic N) is 1. The largest absolute Gasteiger partial charge is 0.490 e. The first kappa shape index (κ1) is 28.9. The lowest BCUT2D eigenvalue weighted by Gasteiger charge is -2.21. The number of H-pyrrole nitrogens is 1. The van der Waals surface area contributed by atoms with Crippen molar-refractivity contribution in [3.63, 3.8) is 0 Å². The normalized spacial score (nSPS) is 24.4. The summed E-state index contributed by atoms with van der Waals surface area (Å²) in [7, 11) is -16.6. The van der Waals surface area contributed by atoms with Crippen LogP contribution < -0.4 is 11.2 Å². The van der Waals surface area contributed by atoms with Gasteiger partial charge in [0.2, 0.25) is 0 Å². The van der Waals surface area contributed by atoms with Gasteiger partial charge in [0, 0.05) is 18.2 Å². The Labute approximate surface area is 191 Å². The Kier molecular flexibility index (Phi) is 9.90. The van der Waals surface area contributed by atoms with Crippen molar-refractivity contribution in [2.45, 2.75) is 31.8 Å². The SMILES string of the molecule is C=CCOCOC1C[C@H](n2cc(C)c(=O)[nH]c2=O)O[C@@H]1COP(=O)(O)OP(=O)(O)OP(=O)(O)O. The number of aromatic amines is 1. The summed E-state index contributed by atoms with van der Waals surface area (Å²) in [6.07, 6.45) is -0.397. The van der Waals surface area contributed by atoms with Gasteiger partial charge < -0.3 is 33.8 Å². The molecule has 2 heterocycles. The minimum absolute atomic E-state index is 0.00668. The van der Waals surface area contributed by atoms with Gasteiger partial charge in [0.25, 0.3) is 5.56 Å². The number of hydrogen-bond donors (Lipinski definition) is 5. The summed E-state index contributed by atoms with van der Waals surface area (Å²) in [4.78, 5) is 61.9. The molecule has 1 aromatic heterocycles. The first-order valence-electron chi connectivity index (χ1n) is 9.18. The highest BCUT2D eigenvalue weighted by atomic mass is 31.3. The highest BCUT2D eigenvalue weighted by Crippen LogP contribution is 2.66. The first-order chi connectivity index (χ1) is 15.6. The molecule has 1 fully saturated rings. The van der Waals surface area contributed by atoms with Crippen molar-refractivity contribution in [3.8, 4) is 0 Å². The van der Waals surface area contributed by atoms with Crippen molar-refractivity contribution in [2.24, 2.45) is 0 Å². The van der Waals surface area contributed by atoms with Crippen LogP contribution in [0, 0.1) is 6.92 Å². The zero-order valence-electron chi connectivity index (χ0n) is 17.5. The Morgan fingerprint density at radius 3 is 2.50 bits per heavy atom. The smallest absolute Gasteiger partial charge is 0.351 e. The van der Waals surface area contributed by atoms with Crippen molar-refractivity contribution >= 4 is 23.5 Å².